The second kappa shape index (κ2) is 9.44. The minimum atomic E-state index is -4.86. The molecule has 0 aromatic heterocycles. The van der Waals surface area contributed by atoms with Crippen LogP contribution in [0, 0.1) is 0 Å². The zero-order chi connectivity index (χ0) is 22.6. The maximum Gasteiger partial charge on any atom is 0.471 e. The van der Waals surface area contributed by atoms with Crippen LogP contribution in [0.5, 0.6) is 11.5 Å². The number of para-hydroxylation sites is 1. The number of rotatable bonds is 7. The van der Waals surface area contributed by atoms with E-state index in [1.165, 1.54) is 0 Å². The first kappa shape index (κ1) is 21.9. The summed E-state index contributed by atoms with van der Waals surface area (Å²) < 4.78 is 48.9. The highest BCUT2D eigenvalue weighted by Gasteiger charge is 2.42. The molecular weight excluding hydrogens is 419 g/mol. The first-order chi connectivity index (χ1) is 15.4. The minimum absolute atomic E-state index is 0.197. The topological polar surface area (TPSA) is 47.6 Å². The van der Waals surface area contributed by atoms with Gasteiger partial charge in [-0.25, -0.2) is 0 Å². The highest BCUT2D eigenvalue weighted by atomic mass is 19.4. The zero-order valence-electron chi connectivity index (χ0n) is 17.1. The molecule has 7 heteroatoms. The van der Waals surface area contributed by atoms with Gasteiger partial charge < -0.3 is 14.8 Å². The van der Waals surface area contributed by atoms with Gasteiger partial charge >= 0.3 is 12.1 Å². The summed E-state index contributed by atoms with van der Waals surface area (Å²) >= 11 is 0. The fraction of sp³-hybridized carbons (Fsp3) is 0.240. The molecule has 32 heavy (non-hydrogen) atoms. The van der Waals surface area contributed by atoms with E-state index in [4.69, 9.17) is 9.47 Å². The lowest BCUT2D eigenvalue weighted by molar-refractivity contribution is -0.176. The third-order valence-corrected chi connectivity index (χ3v) is 5.31. The molecule has 1 saturated carbocycles. The first-order valence-electron chi connectivity index (χ1n) is 10.3. The van der Waals surface area contributed by atoms with Crippen molar-refractivity contribution in [1.82, 2.24) is 5.32 Å². The number of halogens is 3. The lowest BCUT2D eigenvalue weighted by atomic mass is 9.89. The van der Waals surface area contributed by atoms with E-state index < -0.39 is 18.1 Å². The van der Waals surface area contributed by atoms with Crippen molar-refractivity contribution < 1.29 is 27.4 Å². The number of nitrogens with one attached hydrogen (secondary N) is 1. The number of hydrogen-bond acceptors (Lipinski definition) is 3. The number of alkyl halides is 3. The van der Waals surface area contributed by atoms with Gasteiger partial charge in [-0.3, -0.25) is 4.79 Å². The summed E-state index contributed by atoms with van der Waals surface area (Å²) in [5, 5.41) is 1.99. The van der Waals surface area contributed by atoms with Gasteiger partial charge in [0.1, 0.15) is 11.5 Å². The smallest absolute Gasteiger partial charge is 0.457 e. The van der Waals surface area contributed by atoms with Crippen LogP contribution in [-0.2, 0) is 16.1 Å². The second-order valence-electron chi connectivity index (χ2n) is 7.67. The second-order valence-corrected chi connectivity index (χ2v) is 7.67. The van der Waals surface area contributed by atoms with E-state index in [-0.39, 0.29) is 6.10 Å². The predicted octanol–water partition coefficient (Wildman–Crippen LogP) is 5.87. The molecule has 1 N–H and O–H groups in total. The number of carbonyl (C=O) groups is 1. The molecule has 1 aliphatic carbocycles. The Kier molecular flexibility index (Phi) is 6.46. The van der Waals surface area contributed by atoms with Crippen LogP contribution >= 0.6 is 0 Å². The maximum atomic E-state index is 12.4. The molecule has 3 aromatic carbocycles. The Morgan fingerprint density at radius 1 is 0.906 bits per heavy atom. The Bertz CT molecular complexity index is 1050. The Morgan fingerprint density at radius 3 is 2.22 bits per heavy atom. The summed E-state index contributed by atoms with van der Waals surface area (Å²) in [6.07, 6.45) is -4.34. The van der Waals surface area contributed by atoms with Crippen LogP contribution in [0.2, 0.25) is 0 Å². The molecule has 3 aromatic rings. The van der Waals surface area contributed by atoms with Crippen LogP contribution in [0.15, 0.2) is 78.9 Å². The molecule has 4 nitrogen and oxygen atoms in total. The molecule has 0 spiro atoms. The number of hydrogen-bond donors (Lipinski definition) is 1. The summed E-state index contributed by atoms with van der Waals surface area (Å²) in [7, 11) is 0. The van der Waals surface area contributed by atoms with E-state index in [1.54, 1.807) is 0 Å². The highest BCUT2D eigenvalue weighted by molar-refractivity contribution is 5.82. The SMILES string of the molecule is O=C(NC1CC(OCc2ccc(Oc3ccccc3)cc2-c2ccccc2)C1)C(F)(F)F. The van der Waals surface area contributed by atoms with Crippen molar-refractivity contribution in [3.05, 3.63) is 84.4 Å². The van der Waals surface area contributed by atoms with Crippen molar-refractivity contribution in [3.63, 3.8) is 0 Å². The largest absolute Gasteiger partial charge is 0.471 e. The monoisotopic (exact) mass is 441 g/mol. The van der Waals surface area contributed by atoms with Gasteiger partial charge in [-0.1, -0.05) is 54.6 Å². The standard InChI is InChI=1S/C25H22F3NO3/c26-25(27,28)24(30)29-19-13-22(14-19)31-16-18-11-12-21(32-20-9-5-2-6-10-20)15-23(18)17-7-3-1-4-8-17/h1-12,15,19,22H,13-14,16H2,(H,29,30). The van der Waals surface area contributed by atoms with Crippen molar-refractivity contribution in [2.75, 3.05) is 0 Å². The molecule has 0 bridgehead atoms. The van der Waals surface area contributed by atoms with Gasteiger partial charge in [0.2, 0.25) is 0 Å². The highest BCUT2D eigenvalue weighted by Crippen LogP contribution is 2.33. The fourth-order valence-corrected chi connectivity index (χ4v) is 3.55. The van der Waals surface area contributed by atoms with Crippen LogP contribution in [0.1, 0.15) is 18.4 Å². The van der Waals surface area contributed by atoms with Crippen LogP contribution in [0.25, 0.3) is 11.1 Å². The molecule has 0 unspecified atom stereocenters. The van der Waals surface area contributed by atoms with Crippen molar-refractivity contribution in [2.45, 2.75) is 37.8 Å². The first-order valence-corrected chi connectivity index (χ1v) is 10.3. The van der Waals surface area contributed by atoms with Gasteiger partial charge in [-0.2, -0.15) is 13.2 Å². The molecule has 0 atom stereocenters. The minimum Gasteiger partial charge on any atom is -0.457 e. The van der Waals surface area contributed by atoms with Crippen molar-refractivity contribution in [1.29, 1.82) is 0 Å². The lowest BCUT2D eigenvalue weighted by Gasteiger charge is -2.35. The summed E-state index contributed by atoms with van der Waals surface area (Å²) in [5.74, 6) is -0.476. The van der Waals surface area contributed by atoms with Gasteiger partial charge in [0, 0.05) is 6.04 Å². The van der Waals surface area contributed by atoms with Gasteiger partial charge in [-0.05, 0) is 53.8 Å². The van der Waals surface area contributed by atoms with Gasteiger partial charge in [-0.15, -0.1) is 0 Å². The molecule has 1 fully saturated rings. The van der Waals surface area contributed by atoms with Gasteiger partial charge in [0.15, 0.2) is 0 Å². The molecule has 4 rings (SSSR count). The van der Waals surface area contributed by atoms with Crippen LogP contribution in [0.4, 0.5) is 13.2 Å². The van der Waals surface area contributed by atoms with Crippen LogP contribution < -0.4 is 10.1 Å². The summed E-state index contributed by atoms with van der Waals surface area (Å²) in [6.45, 7) is 0.306. The average Bonchev–Trinajstić information content (AvgIpc) is 2.76. The fourth-order valence-electron chi connectivity index (χ4n) is 3.55. The van der Waals surface area contributed by atoms with Crippen LogP contribution in [0.3, 0.4) is 0 Å². The van der Waals surface area contributed by atoms with E-state index in [0.29, 0.717) is 25.2 Å². The molecule has 0 radical (unpaired) electrons. The van der Waals surface area contributed by atoms with E-state index in [0.717, 1.165) is 22.4 Å². The average molecular weight is 441 g/mol. The van der Waals surface area contributed by atoms with E-state index >= 15 is 0 Å². The summed E-state index contributed by atoms with van der Waals surface area (Å²) in [4.78, 5) is 11.0. The number of amides is 1. The van der Waals surface area contributed by atoms with E-state index in [2.05, 4.69) is 0 Å². The van der Waals surface area contributed by atoms with Gasteiger partial charge in [0.05, 0.1) is 12.7 Å². The number of benzene rings is 3. The molecule has 0 heterocycles. The Hall–Kier alpha value is -3.32. The normalized spacial score (nSPS) is 18.0. The molecular formula is C25H22F3NO3. The summed E-state index contributed by atoms with van der Waals surface area (Å²) in [5.41, 5.74) is 2.91. The third-order valence-electron chi connectivity index (χ3n) is 5.31. The van der Waals surface area contributed by atoms with Crippen molar-refractivity contribution in [3.8, 4) is 22.6 Å². The van der Waals surface area contributed by atoms with Crippen molar-refractivity contribution in [2.24, 2.45) is 0 Å². The quantitative estimate of drug-likeness (QED) is 0.499. The summed E-state index contributed by atoms with van der Waals surface area (Å²) in [6, 6.07) is 24.6. The van der Waals surface area contributed by atoms with Crippen LogP contribution in [-0.4, -0.2) is 24.2 Å². The molecule has 1 amide bonds. The Morgan fingerprint density at radius 2 is 1.56 bits per heavy atom. The number of ether oxygens (including phenoxy) is 2. The molecule has 1 aliphatic rings. The molecule has 0 saturated heterocycles. The predicted molar refractivity (Wildman–Crippen MR) is 114 cm³/mol. The molecule has 0 aliphatic heterocycles. The Labute approximate surface area is 184 Å². The molecule has 166 valence electrons. The van der Waals surface area contributed by atoms with Gasteiger partial charge in [0.25, 0.3) is 0 Å². The van der Waals surface area contributed by atoms with Crippen molar-refractivity contribution >= 4 is 5.91 Å². The zero-order valence-corrected chi connectivity index (χ0v) is 17.1. The Balaban J connectivity index is 1.42. The lowest BCUT2D eigenvalue weighted by Crippen LogP contribution is -2.51. The van der Waals surface area contributed by atoms with E-state index in [9.17, 15) is 18.0 Å². The number of carbonyl (C=O) groups excluding carboxylic acids is 1. The maximum absolute atomic E-state index is 12.4. The third kappa shape index (κ3) is 5.48. The van der Waals surface area contributed by atoms with E-state index in [1.807, 2.05) is 84.2 Å².